The van der Waals surface area contributed by atoms with Gasteiger partial charge < -0.3 is 14.8 Å². The second-order valence-corrected chi connectivity index (χ2v) is 10.3. The molecule has 0 spiro atoms. The Hall–Kier alpha value is -2.08. The van der Waals surface area contributed by atoms with Crippen LogP contribution in [0.25, 0.3) is 5.69 Å². The molecule has 1 saturated carbocycles. The molecule has 3 heterocycles. The van der Waals surface area contributed by atoms with E-state index < -0.39 is 0 Å². The van der Waals surface area contributed by atoms with E-state index in [-0.39, 0.29) is 12.1 Å². The molecule has 1 aliphatic carbocycles. The minimum absolute atomic E-state index is 0.00438. The molecule has 1 N–H and O–H groups in total. The van der Waals surface area contributed by atoms with E-state index in [9.17, 15) is 0 Å². The first-order valence-corrected chi connectivity index (χ1v) is 12.8. The van der Waals surface area contributed by atoms with Crippen LogP contribution in [0.2, 0.25) is 10.0 Å². The highest BCUT2D eigenvalue weighted by Crippen LogP contribution is 2.44. The summed E-state index contributed by atoms with van der Waals surface area (Å²) in [5.74, 6) is 0. The summed E-state index contributed by atoms with van der Waals surface area (Å²) in [6.45, 7) is 4.30. The van der Waals surface area contributed by atoms with Gasteiger partial charge in [-0.05, 0) is 80.9 Å². The number of halogens is 2. The lowest BCUT2D eigenvalue weighted by Crippen LogP contribution is -2.40. The molecule has 172 valence electrons. The maximum atomic E-state index is 6.62. The first-order chi connectivity index (χ1) is 16.0. The lowest BCUT2D eigenvalue weighted by molar-refractivity contribution is 0.197. The van der Waals surface area contributed by atoms with Crippen LogP contribution in [0.5, 0.6) is 0 Å². The zero-order valence-corrected chi connectivity index (χ0v) is 21.2. The van der Waals surface area contributed by atoms with Crippen LogP contribution in [0.4, 0.5) is 0 Å². The van der Waals surface area contributed by atoms with Crippen LogP contribution in [-0.2, 0) is 0 Å². The second-order valence-electron chi connectivity index (χ2n) is 9.08. The molecule has 1 aliphatic heterocycles. The third-order valence-electron chi connectivity index (χ3n) is 7.04. The average Bonchev–Trinajstić information content (AvgIpc) is 3.31. The van der Waals surface area contributed by atoms with Gasteiger partial charge in [-0.25, -0.2) is 0 Å². The molecule has 4 nitrogen and oxygen atoms in total. The molecular weight excluding hydrogens is 471 g/mol. The van der Waals surface area contributed by atoms with Crippen LogP contribution in [-0.4, -0.2) is 25.6 Å². The normalized spacial score (nSPS) is 21.5. The van der Waals surface area contributed by atoms with E-state index in [1.807, 2.05) is 30.5 Å². The predicted molar refractivity (Wildman–Crippen MR) is 139 cm³/mol. The highest BCUT2D eigenvalue weighted by atomic mass is 35.5. The Morgan fingerprint density at radius 1 is 1.03 bits per heavy atom. The molecule has 0 bridgehead atoms. The summed E-state index contributed by atoms with van der Waals surface area (Å²) in [6.07, 6.45) is 8.03. The highest BCUT2D eigenvalue weighted by molar-refractivity contribution is 7.80. The van der Waals surface area contributed by atoms with E-state index in [2.05, 4.69) is 40.8 Å². The molecule has 2 fully saturated rings. The molecule has 7 heteroatoms. The van der Waals surface area contributed by atoms with Gasteiger partial charge >= 0.3 is 0 Å². The highest BCUT2D eigenvalue weighted by Gasteiger charge is 2.44. The van der Waals surface area contributed by atoms with Crippen molar-refractivity contribution in [2.24, 2.45) is 0 Å². The number of aromatic nitrogens is 2. The Morgan fingerprint density at radius 3 is 2.52 bits per heavy atom. The number of hydrogen-bond acceptors (Lipinski definition) is 2. The molecule has 0 amide bonds. The van der Waals surface area contributed by atoms with Crippen molar-refractivity contribution in [1.29, 1.82) is 0 Å². The summed E-state index contributed by atoms with van der Waals surface area (Å²) in [4.78, 5) is 7.16. The maximum Gasteiger partial charge on any atom is 0.170 e. The van der Waals surface area contributed by atoms with Gasteiger partial charge in [0.1, 0.15) is 0 Å². The second kappa shape index (κ2) is 9.28. The van der Waals surface area contributed by atoms with Gasteiger partial charge in [-0.2, -0.15) is 0 Å². The van der Waals surface area contributed by atoms with Crippen LogP contribution in [0.15, 0.2) is 48.7 Å². The van der Waals surface area contributed by atoms with Crippen molar-refractivity contribution in [1.82, 2.24) is 19.8 Å². The van der Waals surface area contributed by atoms with Crippen LogP contribution >= 0.6 is 35.4 Å². The molecule has 33 heavy (non-hydrogen) atoms. The fraction of sp³-hybridized carbons (Fsp3) is 0.385. The fourth-order valence-corrected chi connectivity index (χ4v) is 6.45. The fourth-order valence-electron chi connectivity index (χ4n) is 5.57. The number of thiocarbonyl (C=S) groups is 1. The largest absolute Gasteiger partial charge is 0.352 e. The zero-order valence-electron chi connectivity index (χ0n) is 18.9. The van der Waals surface area contributed by atoms with E-state index >= 15 is 0 Å². The van der Waals surface area contributed by atoms with E-state index in [0.717, 1.165) is 27.9 Å². The molecule has 0 radical (unpaired) electrons. The van der Waals surface area contributed by atoms with Gasteiger partial charge in [0.25, 0.3) is 0 Å². The Labute approximate surface area is 210 Å². The van der Waals surface area contributed by atoms with E-state index in [0.29, 0.717) is 16.1 Å². The Balaban J connectivity index is 1.64. The van der Waals surface area contributed by atoms with Crippen LogP contribution < -0.4 is 5.32 Å². The summed E-state index contributed by atoms with van der Waals surface area (Å²) < 4.78 is 2.23. The summed E-state index contributed by atoms with van der Waals surface area (Å²) in [5, 5.41) is 5.73. The van der Waals surface area contributed by atoms with Gasteiger partial charge in [0.2, 0.25) is 0 Å². The number of benzene rings is 1. The molecule has 2 aromatic heterocycles. The van der Waals surface area contributed by atoms with Crippen molar-refractivity contribution in [2.45, 2.75) is 64.1 Å². The smallest absolute Gasteiger partial charge is 0.170 e. The molecule has 0 unspecified atom stereocenters. The monoisotopic (exact) mass is 498 g/mol. The van der Waals surface area contributed by atoms with Gasteiger partial charge in [-0.1, -0.05) is 48.5 Å². The van der Waals surface area contributed by atoms with Crippen molar-refractivity contribution >= 4 is 40.5 Å². The Bertz CT molecular complexity index is 1170. The van der Waals surface area contributed by atoms with Crippen LogP contribution in [0.3, 0.4) is 0 Å². The van der Waals surface area contributed by atoms with Gasteiger partial charge in [0, 0.05) is 28.6 Å². The van der Waals surface area contributed by atoms with Gasteiger partial charge in [0.15, 0.2) is 5.11 Å². The number of hydrogen-bond donors (Lipinski definition) is 1. The maximum absolute atomic E-state index is 6.62. The van der Waals surface area contributed by atoms with Crippen molar-refractivity contribution in [3.8, 4) is 5.69 Å². The van der Waals surface area contributed by atoms with Crippen LogP contribution in [0, 0.1) is 13.8 Å². The molecule has 2 aliphatic rings. The van der Waals surface area contributed by atoms with E-state index in [1.165, 1.54) is 37.7 Å². The van der Waals surface area contributed by atoms with Crippen molar-refractivity contribution in [3.63, 3.8) is 0 Å². The number of rotatable bonds is 4. The molecule has 1 aromatic carbocycles. The number of nitrogens with zero attached hydrogens (tertiary/aromatic N) is 3. The summed E-state index contributed by atoms with van der Waals surface area (Å²) in [7, 11) is 0. The number of nitrogens with one attached hydrogen (secondary N) is 1. The molecule has 1 saturated heterocycles. The van der Waals surface area contributed by atoms with Crippen molar-refractivity contribution < 1.29 is 0 Å². The standard InChI is InChI=1S/C26H28Cl2N4S/c1-16-14-20(17(2)31(16)23-12-11-18(27)15-21(23)28)25-24(22-10-6-7-13-29-22)30-26(33)32(25)19-8-4-3-5-9-19/h6-7,10-15,19,24-25H,3-5,8-9H2,1-2H3,(H,30,33)/t24-,25+/m1/s1. The number of pyridine rings is 1. The third kappa shape index (κ3) is 4.16. The summed E-state index contributed by atoms with van der Waals surface area (Å²) >= 11 is 18.7. The first kappa shape index (κ1) is 22.7. The quantitative estimate of drug-likeness (QED) is 0.388. The van der Waals surface area contributed by atoms with E-state index in [4.69, 9.17) is 40.4 Å². The Kier molecular flexibility index (Phi) is 6.39. The third-order valence-corrected chi connectivity index (χ3v) is 7.91. The first-order valence-electron chi connectivity index (χ1n) is 11.6. The van der Waals surface area contributed by atoms with Crippen LogP contribution in [0.1, 0.15) is 66.8 Å². The minimum atomic E-state index is -0.00438. The lowest BCUT2D eigenvalue weighted by atomic mass is 9.90. The predicted octanol–water partition coefficient (Wildman–Crippen LogP) is 7.10. The lowest BCUT2D eigenvalue weighted by Gasteiger charge is -2.37. The molecule has 2 atom stereocenters. The zero-order chi connectivity index (χ0) is 23.1. The Morgan fingerprint density at radius 2 is 1.82 bits per heavy atom. The molecular formula is C26H28Cl2N4S. The molecule has 3 aromatic rings. The van der Waals surface area contributed by atoms with Crippen molar-refractivity contribution in [3.05, 3.63) is 81.4 Å². The van der Waals surface area contributed by atoms with Gasteiger partial charge in [0.05, 0.1) is 28.5 Å². The summed E-state index contributed by atoms with van der Waals surface area (Å²) in [6, 6.07) is 14.6. The average molecular weight is 500 g/mol. The van der Waals surface area contributed by atoms with Crippen molar-refractivity contribution in [2.75, 3.05) is 0 Å². The topological polar surface area (TPSA) is 33.1 Å². The molecule has 5 rings (SSSR count). The minimum Gasteiger partial charge on any atom is -0.352 e. The van der Waals surface area contributed by atoms with Gasteiger partial charge in [-0.3, -0.25) is 4.98 Å². The van der Waals surface area contributed by atoms with Gasteiger partial charge in [-0.15, -0.1) is 0 Å². The SMILES string of the molecule is Cc1cc([C@H]2[C@@H](c3ccccn3)NC(=S)N2C2CCCCC2)c(C)n1-c1ccc(Cl)cc1Cl. The summed E-state index contributed by atoms with van der Waals surface area (Å²) in [5.41, 5.74) is 5.50. The van der Waals surface area contributed by atoms with E-state index in [1.54, 1.807) is 6.07 Å². The number of aryl methyl sites for hydroxylation is 1.